The first-order chi connectivity index (χ1) is 6.90. The quantitative estimate of drug-likeness (QED) is 0.694. The zero-order chi connectivity index (χ0) is 11.5. The Morgan fingerprint density at radius 3 is 2.40 bits per heavy atom. The SMILES string of the molecule is CN(CC(CO)NC1CC1)CC(C)(C)C. The molecule has 1 saturated carbocycles. The molecule has 1 rings (SSSR count). The first-order valence-corrected chi connectivity index (χ1v) is 5.96. The van der Waals surface area contributed by atoms with Crippen molar-refractivity contribution >= 4 is 0 Å². The zero-order valence-corrected chi connectivity index (χ0v) is 10.6. The van der Waals surface area contributed by atoms with Crippen molar-refractivity contribution in [2.24, 2.45) is 5.41 Å². The van der Waals surface area contributed by atoms with E-state index in [4.69, 9.17) is 0 Å². The second-order valence-electron chi connectivity index (χ2n) is 6.08. The first kappa shape index (κ1) is 12.9. The summed E-state index contributed by atoms with van der Waals surface area (Å²) < 4.78 is 0. The number of nitrogens with zero attached hydrogens (tertiary/aromatic N) is 1. The van der Waals surface area contributed by atoms with Crippen LogP contribution in [-0.4, -0.2) is 48.8 Å². The molecule has 1 aliphatic rings. The fraction of sp³-hybridized carbons (Fsp3) is 1.00. The molecule has 0 aromatic rings. The molecule has 1 unspecified atom stereocenters. The van der Waals surface area contributed by atoms with Crippen molar-refractivity contribution < 1.29 is 5.11 Å². The molecule has 0 bridgehead atoms. The van der Waals surface area contributed by atoms with Crippen LogP contribution in [0.15, 0.2) is 0 Å². The van der Waals surface area contributed by atoms with E-state index in [1.807, 2.05) is 0 Å². The lowest BCUT2D eigenvalue weighted by Gasteiger charge is -2.29. The fourth-order valence-electron chi connectivity index (χ4n) is 2.00. The highest BCUT2D eigenvalue weighted by atomic mass is 16.3. The third-order valence-electron chi connectivity index (χ3n) is 2.55. The standard InChI is InChI=1S/C12H26N2O/c1-12(2,3)9-14(4)7-11(8-15)13-10-5-6-10/h10-11,13,15H,5-9H2,1-4H3. The molecule has 2 N–H and O–H groups in total. The van der Waals surface area contributed by atoms with E-state index in [0.29, 0.717) is 11.5 Å². The first-order valence-electron chi connectivity index (χ1n) is 5.96. The maximum Gasteiger partial charge on any atom is 0.0597 e. The lowest BCUT2D eigenvalue weighted by molar-refractivity contribution is 0.167. The normalized spacial score (nSPS) is 19.6. The van der Waals surface area contributed by atoms with Gasteiger partial charge in [-0.3, -0.25) is 0 Å². The van der Waals surface area contributed by atoms with Gasteiger partial charge in [0.15, 0.2) is 0 Å². The van der Waals surface area contributed by atoms with Gasteiger partial charge in [0.05, 0.1) is 6.61 Å². The van der Waals surface area contributed by atoms with Gasteiger partial charge in [-0.2, -0.15) is 0 Å². The third-order valence-corrected chi connectivity index (χ3v) is 2.55. The summed E-state index contributed by atoms with van der Waals surface area (Å²) in [7, 11) is 2.13. The number of hydrogen-bond donors (Lipinski definition) is 2. The van der Waals surface area contributed by atoms with Crippen molar-refractivity contribution in [3.8, 4) is 0 Å². The van der Waals surface area contributed by atoms with Gasteiger partial charge in [0, 0.05) is 25.2 Å². The van der Waals surface area contributed by atoms with Crippen LogP contribution in [0.3, 0.4) is 0 Å². The molecule has 0 aromatic heterocycles. The van der Waals surface area contributed by atoms with Gasteiger partial charge in [-0.1, -0.05) is 20.8 Å². The Hall–Kier alpha value is -0.120. The van der Waals surface area contributed by atoms with Crippen LogP contribution in [-0.2, 0) is 0 Å². The molecule has 3 heteroatoms. The fourth-order valence-corrected chi connectivity index (χ4v) is 2.00. The van der Waals surface area contributed by atoms with Crippen LogP contribution in [0.1, 0.15) is 33.6 Å². The Labute approximate surface area is 93.9 Å². The molecule has 0 aromatic carbocycles. The molecule has 1 fully saturated rings. The number of aliphatic hydroxyl groups is 1. The van der Waals surface area contributed by atoms with Gasteiger partial charge in [0.25, 0.3) is 0 Å². The van der Waals surface area contributed by atoms with E-state index >= 15 is 0 Å². The summed E-state index contributed by atoms with van der Waals surface area (Å²) in [6.45, 7) is 8.97. The van der Waals surface area contributed by atoms with E-state index in [9.17, 15) is 5.11 Å². The second-order valence-corrected chi connectivity index (χ2v) is 6.08. The maximum atomic E-state index is 9.26. The van der Waals surface area contributed by atoms with Crippen molar-refractivity contribution in [3.63, 3.8) is 0 Å². The smallest absolute Gasteiger partial charge is 0.0597 e. The van der Waals surface area contributed by atoms with Crippen molar-refractivity contribution in [1.82, 2.24) is 10.2 Å². The van der Waals surface area contributed by atoms with E-state index in [0.717, 1.165) is 13.1 Å². The van der Waals surface area contributed by atoms with Crippen LogP contribution in [0, 0.1) is 5.41 Å². The second kappa shape index (κ2) is 5.28. The topological polar surface area (TPSA) is 35.5 Å². The number of likely N-dealkylation sites (N-methyl/N-ethyl adjacent to an activating group) is 1. The summed E-state index contributed by atoms with van der Waals surface area (Å²) in [5, 5.41) is 12.7. The van der Waals surface area contributed by atoms with Crippen molar-refractivity contribution in [3.05, 3.63) is 0 Å². The molecule has 0 radical (unpaired) electrons. The molecule has 0 saturated heterocycles. The molecular weight excluding hydrogens is 188 g/mol. The predicted octanol–water partition coefficient (Wildman–Crippen LogP) is 1.08. The molecule has 3 nitrogen and oxygen atoms in total. The number of rotatable bonds is 6. The molecule has 0 aliphatic heterocycles. The van der Waals surface area contributed by atoms with Crippen LogP contribution in [0.25, 0.3) is 0 Å². The average molecular weight is 214 g/mol. The van der Waals surface area contributed by atoms with Crippen LogP contribution in [0.2, 0.25) is 0 Å². The molecule has 1 aliphatic carbocycles. The Balaban J connectivity index is 2.23. The van der Waals surface area contributed by atoms with Crippen molar-refractivity contribution in [1.29, 1.82) is 0 Å². The molecule has 15 heavy (non-hydrogen) atoms. The minimum Gasteiger partial charge on any atom is -0.395 e. The zero-order valence-electron chi connectivity index (χ0n) is 10.6. The van der Waals surface area contributed by atoms with Gasteiger partial charge in [-0.15, -0.1) is 0 Å². The molecule has 0 heterocycles. The highest BCUT2D eigenvalue weighted by molar-refractivity contribution is 4.86. The monoisotopic (exact) mass is 214 g/mol. The van der Waals surface area contributed by atoms with E-state index in [2.05, 4.69) is 38.0 Å². The lowest BCUT2D eigenvalue weighted by atomic mass is 9.96. The van der Waals surface area contributed by atoms with Crippen molar-refractivity contribution in [2.45, 2.75) is 45.7 Å². The average Bonchev–Trinajstić information content (AvgIpc) is 2.83. The van der Waals surface area contributed by atoms with Gasteiger partial charge < -0.3 is 15.3 Å². The number of nitrogens with one attached hydrogen (secondary N) is 1. The largest absolute Gasteiger partial charge is 0.395 e. The predicted molar refractivity (Wildman–Crippen MR) is 64.0 cm³/mol. The van der Waals surface area contributed by atoms with Crippen LogP contribution in [0.4, 0.5) is 0 Å². The highest BCUT2D eigenvalue weighted by Crippen LogP contribution is 2.20. The highest BCUT2D eigenvalue weighted by Gasteiger charge is 2.25. The minimum absolute atomic E-state index is 0.241. The van der Waals surface area contributed by atoms with Crippen LogP contribution < -0.4 is 5.32 Å². The molecular formula is C12H26N2O. The van der Waals surface area contributed by atoms with E-state index in [1.165, 1.54) is 12.8 Å². The van der Waals surface area contributed by atoms with Gasteiger partial charge in [0.2, 0.25) is 0 Å². The number of hydrogen-bond acceptors (Lipinski definition) is 3. The summed E-state index contributed by atoms with van der Waals surface area (Å²) in [5.41, 5.74) is 0.328. The van der Waals surface area contributed by atoms with Crippen LogP contribution >= 0.6 is 0 Å². The van der Waals surface area contributed by atoms with Gasteiger partial charge in [0.1, 0.15) is 0 Å². The lowest BCUT2D eigenvalue weighted by Crippen LogP contribution is -2.45. The van der Waals surface area contributed by atoms with E-state index in [-0.39, 0.29) is 12.6 Å². The Bertz CT molecular complexity index is 185. The number of aliphatic hydroxyl groups excluding tert-OH is 1. The summed E-state index contributed by atoms with van der Waals surface area (Å²) in [4.78, 5) is 2.30. The summed E-state index contributed by atoms with van der Waals surface area (Å²) >= 11 is 0. The van der Waals surface area contributed by atoms with Crippen molar-refractivity contribution in [2.75, 3.05) is 26.7 Å². The van der Waals surface area contributed by atoms with E-state index < -0.39 is 0 Å². The van der Waals surface area contributed by atoms with Gasteiger partial charge >= 0.3 is 0 Å². The molecule has 0 spiro atoms. The molecule has 0 amide bonds. The third kappa shape index (κ3) is 6.13. The summed E-state index contributed by atoms with van der Waals surface area (Å²) in [6, 6.07) is 0.912. The Morgan fingerprint density at radius 2 is 2.00 bits per heavy atom. The molecule has 1 atom stereocenters. The maximum absolute atomic E-state index is 9.26. The summed E-state index contributed by atoms with van der Waals surface area (Å²) in [5.74, 6) is 0. The summed E-state index contributed by atoms with van der Waals surface area (Å²) in [6.07, 6.45) is 2.55. The Morgan fingerprint density at radius 1 is 1.40 bits per heavy atom. The minimum atomic E-state index is 0.241. The van der Waals surface area contributed by atoms with Crippen LogP contribution in [0.5, 0.6) is 0 Å². The van der Waals surface area contributed by atoms with Gasteiger partial charge in [-0.25, -0.2) is 0 Å². The molecule has 90 valence electrons. The van der Waals surface area contributed by atoms with E-state index in [1.54, 1.807) is 0 Å². The van der Waals surface area contributed by atoms with Gasteiger partial charge in [-0.05, 0) is 25.3 Å². The Kier molecular flexibility index (Phi) is 4.56.